The maximum absolute atomic E-state index is 13.0. The van der Waals surface area contributed by atoms with Gasteiger partial charge in [-0.2, -0.15) is 10.2 Å². The van der Waals surface area contributed by atoms with Crippen molar-refractivity contribution in [2.24, 2.45) is 5.10 Å². The predicted molar refractivity (Wildman–Crippen MR) is 147 cm³/mol. The molecule has 0 atom stereocenters. The van der Waals surface area contributed by atoms with Gasteiger partial charge in [-0.3, -0.25) is 4.79 Å². The van der Waals surface area contributed by atoms with E-state index >= 15 is 0 Å². The Morgan fingerprint density at radius 2 is 1.49 bits per heavy atom. The number of aromatic nitrogens is 2. The van der Waals surface area contributed by atoms with Crippen LogP contribution in [-0.4, -0.2) is 29.0 Å². The Kier molecular flexibility index (Phi) is 6.90. The maximum Gasteiger partial charge on any atom is 0.291 e. The summed E-state index contributed by atoms with van der Waals surface area (Å²) in [6.45, 7) is 2.04. The van der Waals surface area contributed by atoms with Crippen LogP contribution in [0.5, 0.6) is 5.75 Å². The molecule has 5 aromatic rings. The second-order valence-electron chi connectivity index (χ2n) is 8.55. The number of nitrogens with one attached hydrogen (secondary N) is 1. The van der Waals surface area contributed by atoms with Gasteiger partial charge in [-0.15, -0.1) is 0 Å². The fourth-order valence-electron chi connectivity index (χ4n) is 4.04. The summed E-state index contributed by atoms with van der Waals surface area (Å²) in [5.74, 6) is 0.268. The van der Waals surface area contributed by atoms with E-state index in [0.29, 0.717) is 5.75 Å². The summed E-state index contributed by atoms with van der Waals surface area (Å²) in [5, 5.41) is 8.75. The summed E-state index contributed by atoms with van der Waals surface area (Å²) in [6, 6.07) is 35.7. The molecule has 0 aliphatic heterocycles. The van der Waals surface area contributed by atoms with E-state index in [0.717, 1.165) is 39.2 Å². The van der Waals surface area contributed by atoms with Crippen molar-refractivity contribution in [3.8, 4) is 33.8 Å². The van der Waals surface area contributed by atoms with Crippen molar-refractivity contribution in [1.82, 2.24) is 15.2 Å². The molecule has 0 saturated carbocycles. The van der Waals surface area contributed by atoms with Crippen molar-refractivity contribution in [2.75, 3.05) is 7.11 Å². The minimum atomic E-state index is -0.404. The molecule has 0 bridgehead atoms. The molecule has 1 heterocycles. The number of hydrazone groups is 1. The highest BCUT2D eigenvalue weighted by atomic mass is 16.5. The quantitative estimate of drug-likeness (QED) is 0.217. The summed E-state index contributed by atoms with van der Waals surface area (Å²) in [6.07, 6.45) is 1.55. The molecule has 0 fully saturated rings. The first-order valence-corrected chi connectivity index (χ1v) is 11.9. The van der Waals surface area contributed by atoms with Crippen LogP contribution in [0.2, 0.25) is 0 Å². The Balaban J connectivity index is 1.45. The lowest BCUT2D eigenvalue weighted by Crippen LogP contribution is -2.18. The molecule has 1 N–H and O–H groups in total. The molecule has 6 nitrogen and oxygen atoms in total. The van der Waals surface area contributed by atoms with Crippen LogP contribution in [-0.2, 0) is 0 Å². The van der Waals surface area contributed by atoms with E-state index in [-0.39, 0.29) is 5.69 Å². The topological polar surface area (TPSA) is 68.5 Å². The molecule has 4 aromatic carbocycles. The van der Waals surface area contributed by atoms with Crippen molar-refractivity contribution >= 4 is 12.1 Å². The normalized spacial score (nSPS) is 11.0. The van der Waals surface area contributed by atoms with E-state index in [1.807, 2.05) is 85.8 Å². The summed E-state index contributed by atoms with van der Waals surface area (Å²) >= 11 is 0. The van der Waals surface area contributed by atoms with Gasteiger partial charge < -0.3 is 4.74 Å². The summed E-state index contributed by atoms with van der Waals surface area (Å²) in [4.78, 5) is 13.0. The number of benzene rings is 4. The van der Waals surface area contributed by atoms with Gasteiger partial charge in [-0.05, 0) is 48.4 Å². The number of nitrogens with zero attached hydrogens (tertiary/aromatic N) is 3. The zero-order valence-corrected chi connectivity index (χ0v) is 20.6. The van der Waals surface area contributed by atoms with Gasteiger partial charge in [0.25, 0.3) is 5.91 Å². The average molecular weight is 487 g/mol. The Morgan fingerprint density at radius 3 is 2.22 bits per heavy atom. The van der Waals surface area contributed by atoms with E-state index in [4.69, 9.17) is 4.74 Å². The lowest BCUT2D eigenvalue weighted by Gasteiger charge is -2.09. The molecule has 0 saturated heterocycles. The highest BCUT2D eigenvalue weighted by molar-refractivity contribution is 5.94. The number of para-hydroxylation sites is 1. The van der Waals surface area contributed by atoms with Crippen molar-refractivity contribution in [1.29, 1.82) is 0 Å². The number of amides is 1. The van der Waals surface area contributed by atoms with Gasteiger partial charge in [0.2, 0.25) is 0 Å². The molecule has 1 amide bonds. The number of hydrogen-bond acceptors (Lipinski definition) is 4. The second-order valence-corrected chi connectivity index (χ2v) is 8.55. The molecular formula is C31H26N4O2. The Morgan fingerprint density at radius 1 is 0.838 bits per heavy atom. The van der Waals surface area contributed by atoms with Gasteiger partial charge in [0, 0.05) is 11.1 Å². The third-order valence-corrected chi connectivity index (χ3v) is 6.02. The van der Waals surface area contributed by atoms with Gasteiger partial charge >= 0.3 is 0 Å². The number of carbonyl (C=O) groups is 1. The van der Waals surface area contributed by atoms with Gasteiger partial charge in [0.1, 0.15) is 5.75 Å². The van der Waals surface area contributed by atoms with Gasteiger partial charge in [0.05, 0.1) is 24.7 Å². The van der Waals surface area contributed by atoms with E-state index in [9.17, 15) is 4.79 Å². The van der Waals surface area contributed by atoms with Crippen LogP contribution in [0.15, 0.2) is 114 Å². The van der Waals surface area contributed by atoms with Crippen LogP contribution in [0.3, 0.4) is 0 Å². The fourth-order valence-corrected chi connectivity index (χ4v) is 4.04. The molecule has 0 aliphatic carbocycles. The Bertz CT molecular complexity index is 1540. The lowest BCUT2D eigenvalue weighted by molar-refractivity contribution is 0.0949. The first-order chi connectivity index (χ1) is 18.1. The summed E-state index contributed by atoms with van der Waals surface area (Å²) in [7, 11) is 1.59. The van der Waals surface area contributed by atoms with Crippen LogP contribution >= 0.6 is 0 Å². The van der Waals surface area contributed by atoms with E-state index in [2.05, 4.69) is 39.9 Å². The first kappa shape index (κ1) is 23.8. The van der Waals surface area contributed by atoms with Crippen LogP contribution in [0.1, 0.15) is 21.6 Å². The zero-order chi connectivity index (χ0) is 25.6. The number of ether oxygens (including phenoxy) is 1. The molecule has 1 aromatic heterocycles. The molecule has 6 heteroatoms. The SMILES string of the molecule is COc1ccccc1/C=N\NC(=O)c1cc(-c2ccc(-c3ccccc3)cc2)n(-c2ccc(C)cc2)n1. The largest absolute Gasteiger partial charge is 0.496 e. The minimum absolute atomic E-state index is 0.264. The summed E-state index contributed by atoms with van der Waals surface area (Å²) < 4.78 is 7.12. The fraction of sp³-hybridized carbons (Fsp3) is 0.0645. The summed E-state index contributed by atoms with van der Waals surface area (Å²) in [5.41, 5.74) is 9.64. The third-order valence-electron chi connectivity index (χ3n) is 6.02. The van der Waals surface area contributed by atoms with E-state index < -0.39 is 5.91 Å². The molecule has 37 heavy (non-hydrogen) atoms. The lowest BCUT2D eigenvalue weighted by atomic mass is 10.0. The molecule has 0 aliphatic rings. The van der Waals surface area contributed by atoms with Gasteiger partial charge in [-0.25, -0.2) is 10.1 Å². The molecule has 182 valence electrons. The number of rotatable bonds is 7. The third kappa shape index (κ3) is 5.33. The number of hydrogen-bond donors (Lipinski definition) is 1. The highest BCUT2D eigenvalue weighted by Crippen LogP contribution is 2.27. The monoisotopic (exact) mass is 486 g/mol. The van der Waals surface area contributed by atoms with Gasteiger partial charge in [0.15, 0.2) is 5.69 Å². The minimum Gasteiger partial charge on any atom is -0.496 e. The highest BCUT2D eigenvalue weighted by Gasteiger charge is 2.17. The second kappa shape index (κ2) is 10.7. The predicted octanol–water partition coefficient (Wildman–Crippen LogP) is 6.29. The van der Waals surface area contributed by atoms with Crippen LogP contribution < -0.4 is 10.2 Å². The molecule has 5 rings (SSSR count). The van der Waals surface area contributed by atoms with Crippen LogP contribution in [0.25, 0.3) is 28.1 Å². The van der Waals surface area contributed by atoms with E-state index in [1.165, 1.54) is 0 Å². The van der Waals surface area contributed by atoms with Crippen LogP contribution in [0.4, 0.5) is 0 Å². The van der Waals surface area contributed by atoms with Crippen molar-refractivity contribution in [3.63, 3.8) is 0 Å². The zero-order valence-electron chi connectivity index (χ0n) is 20.6. The van der Waals surface area contributed by atoms with Crippen molar-refractivity contribution < 1.29 is 9.53 Å². The number of aryl methyl sites for hydroxylation is 1. The van der Waals surface area contributed by atoms with Crippen molar-refractivity contribution in [2.45, 2.75) is 6.92 Å². The average Bonchev–Trinajstić information content (AvgIpc) is 3.40. The van der Waals surface area contributed by atoms with Crippen LogP contribution in [0, 0.1) is 6.92 Å². The maximum atomic E-state index is 13.0. The number of carbonyl (C=O) groups excluding carboxylic acids is 1. The Hall–Kier alpha value is -4.97. The molecule has 0 spiro atoms. The molecular weight excluding hydrogens is 460 g/mol. The molecule has 0 radical (unpaired) electrons. The standard InChI is InChI=1S/C31H26N4O2/c1-22-12-18-27(19-13-22)35-29(25-16-14-24(15-17-25)23-8-4-3-5-9-23)20-28(34-35)31(36)33-32-21-26-10-6-7-11-30(26)37-2/h3-21H,1-2H3,(H,33,36)/b32-21-. The van der Waals surface area contributed by atoms with Gasteiger partial charge in [-0.1, -0.05) is 84.4 Å². The Labute approximate surface area is 215 Å². The number of methoxy groups -OCH3 is 1. The van der Waals surface area contributed by atoms with Crippen molar-refractivity contribution in [3.05, 3.63) is 126 Å². The van der Waals surface area contributed by atoms with E-state index in [1.54, 1.807) is 24.1 Å². The first-order valence-electron chi connectivity index (χ1n) is 11.9. The smallest absolute Gasteiger partial charge is 0.291 e. The molecule has 0 unspecified atom stereocenters.